The smallest absolute Gasteiger partial charge is 0.227 e. The molecule has 2 aromatic rings. The predicted molar refractivity (Wildman–Crippen MR) is 99.6 cm³/mol. The van der Waals surface area contributed by atoms with Crippen LogP contribution in [0.2, 0.25) is 0 Å². The molecule has 2 aromatic heterocycles. The van der Waals surface area contributed by atoms with Gasteiger partial charge in [-0.1, -0.05) is 6.08 Å². The van der Waals surface area contributed by atoms with Crippen LogP contribution in [0.4, 0.5) is 16.0 Å². The van der Waals surface area contributed by atoms with Crippen molar-refractivity contribution in [1.29, 1.82) is 5.26 Å². The molecule has 8 nitrogen and oxygen atoms in total. The summed E-state index contributed by atoms with van der Waals surface area (Å²) in [6.45, 7) is 0. The molecule has 1 fully saturated rings. The summed E-state index contributed by atoms with van der Waals surface area (Å²) in [6, 6.07) is 1.98. The summed E-state index contributed by atoms with van der Waals surface area (Å²) < 4.78 is 16.1. The predicted octanol–water partition coefficient (Wildman–Crippen LogP) is 2.54. The van der Waals surface area contributed by atoms with Gasteiger partial charge in [0, 0.05) is 32.1 Å². The third-order valence-corrected chi connectivity index (χ3v) is 5.14. The molecule has 0 aliphatic carbocycles. The average molecular weight is 381 g/mol. The van der Waals surface area contributed by atoms with Crippen LogP contribution in [0.1, 0.15) is 37.8 Å². The third-order valence-electron chi connectivity index (χ3n) is 5.14. The molecule has 4 heterocycles. The molecular weight excluding hydrogens is 361 g/mol. The van der Waals surface area contributed by atoms with Gasteiger partial charge in [-0.2, -0.15) is 10.4 Å². The summed E-state index contributed by atoms with van der Waals surface area (Å²) in [7, 11) is 1.80. The third kappa shape index (κ3) is 3.45. The van der Waals surface area contributed by atoms with E-state index in [9.17, 15) is 9.18 Å². The summed E-state index contributed by atoms with van der Waals surface area (Å²) in [5.74, 6) is -0.191. The van der Waals surface area contributed by atoms with Crippen molar-refractivity contribution in [2.24, 2.45) is 7.05 Å². The Morgan fingerprint density at radius 3 is 3.00 bits per heavy atom. The number of nitrogens with one attached hydrogen (secondary N) is 1. The highest BCUT2D eigenvalue weighted by Gasteiger charge is 2.40. The van der Waals surface area contributed by atoms with Crippen LogP contribution in [-0.2, 0) is 11.8 Å². The van der Waals surface area contributed by atoms with Gasteiger partial charge in [0.05, 0.1) is 30.2 Å². The van der Waals surface area contributed by atoms with Gasteiger partial charge in [-0.3, -0.25) is 9.48 Å². The fraction of sp³-hybridized carbons (Fsp3) is 0.421. The van der Waals surface area contributed by atoms with Crippen molar-refractivity contribution in [3.63, 3.8) is 0 Å². The Morgan fingerprint density at radius 2 is 2.29 bits per heavy atom. The number of hydrogen-bond donors (Lipinski definition) is 1. The van der Waals surface area contributed by atoms with E-state index in [1.54, 1.807) is 24.1 Å². The van der Waals surface area contributed by atoms with Crippen molar-refractivity contribution < 1.29 is 9.18 Å². The number of halogens is 1. The van der Waals surface area contributed by atoms with E-state index >= 15 is 0 Å². The molecule has 28 heavy (non-hydrogen) atoms. The first kappa shape index (κ1) is 18.1. The molecule has 2 aliphatic heterocycles. The topological polar surface area (TPSA) is 99.7 Å². The Balaban J connectivity index is 1.57. The SMILES string of the molecule is Cn1cc(Nc2ncc(F)c(C3=CC4CCC(C3)N4C(=O)CCC#N)n2)cn1. The lowest BCUT2D eigenvalue weighted by atomic mass is 9.97. The number of nitrogens with zero attached hydrogens (tertiary/aromatic N) is 6. The lowest BCUT2D eigenvalue weighted by Gasteiger charge is -2.34. The molecule has 2 bridgehead atoms. The largest absolute Gasteiger partial charge is 0.333 e. The number of anilines is 2. The van der Waals surface area contributed by atoms with Crippen LogP contribution < -0.4 is 5.32 Å². The molecule has 4 rings (SSSR count). The molecule has 1 amide bonds. The van der Waals surface area contributed by atoms with Crippen LogP contribution >= 0.6 is 0 Å². The van der Waals surface area contributed by atoms with Gasteiger partial charge in [-0.25, -0.2) is 14.4 Å². The van der Waals surface area contributed by atoms with E-state index in [2.05, 4.69) is 20.4 Å². The fourth-order valence-corrected chi connectivity index (χ4v) is 3.95. The number of hydrogen-bond acceptors (Lipinski definition) is 6. The Hall–Kier alpha value is -3.28. The van der Waals surface area contributed by atoms with Crippen molar-refractivity contribution >= 4 is 23.1 Å². The van der Waals surface area contributed by atoms with Gasteiger partial charge >= 0.3 is 0 Å². The molecule has 144 valence electrons. The van der Waals surface area contributed by atoms with Gasteiger partial charge in [0.1, 0.15) is 5.69 Å². The normalized spacial score (nSPS) is 20.6. The quantitative estimate of drug-likeness (QED) is 0.854. The van der Waals surface area contributed by atoms with E-state index < -0.39 is 5.82 Å². The molecule has 1 saturated heterocycles. The standard InChI is InChI=1S/C19H20FN7O/c1-26-11-13(9-23-26)24-19-22-10-16(20)18(25-19)12-7-14-4-5-15(8-12)27(14)17(28)3-2-6-21/h7,9-11,14-15H,2-5,8H2,1H3,(H,22,24,25). The summed E-state index contributed by atoms with van der Waals surface area (Å²) in [5.41, 5.74) is 1.78. The Labute approximate surface area is 161 Å². The van der Waals surface area contributed by atoms with Crippen LogP contribution in [0, 0.1) is 17.1 Å². The fourth-order valence-electron chi connectivity index (χ4n) is 3.95. The molecule has 0 saturated carbocycles. The Morgan fingerprint density at radius 1 is 1.43 bits per heavy atom. The van der Waals surface area contributed by atoms with Crippen LogP contribution in [0.15, 0.2) is 24.7 Å². The highest BCUT2D eigenvalue weighted by Crippen LogP contribution is 2.39. The minimum Gasteiger partial charge on any atom is -0.333 e. The first-order valence-corrected chi connectivity index (χ1v) is 9.22. The van der Waals surface area contributed by atoms with E-state index in [4.69, 9.17) is 5.26 Å². The number of fused-ring (bicyclic) bond motifs is 2. The van der Waals surface area contributed by atoms with E-state index in [0.717, 1.165) is 24.6 Å². The van der Waals surface area contributed by atoms with Gasteiger partial charge in [-0.05, 0) is 24.8 Å². The Kier molecular flexibility index (Phi) is 4.77. The van der Waals surface area contributed by atoms with Crippen molar-refractivity contribution in [1.82, 2.24) is 24.6 Å². The van der Waals surface area contributed by atoms with Crippen molar-refractivity contribution in [3.8, 4) is 6.07 Å². The molecule has 2 aliphatic rings. The van der Waals surface area contributed by atoms with E-state index in [-0.39, 0.29) is 36.5 Å². The van der Waals surface area contributed by atoms with Crippen LogP contribution in [0.25, 0.3) is 5.57 Å². The summed E-state index contributed by atoms with van der Waals surface area (Å²) in [4.78, 5) is 22.7. The maximum Gasteiger partial charge on any atom is 0.227 e. The summed E-state index contributed by atoms with van der Waals surface area (Å²) in [5, 5.41) is 15.8. The monoisotopic (exact) mass is 381 g/mol. The van der Waals surface area contributed by atoms with Gasteiger partial charge in [0.15, 0.2) is 5.82 Å². The highest BCUT2D eigenvalue weighted by atomic mass is 19.1. The number of aromatic nitrogens is 4. The first-order chi connectivity index (χ1) is 13.5. The molecule has 0 radical (unpaired) electrons. The average Bonchev–Trinajstić information content (AvgIpc) is 3.21. The summed E-state index contributed by atoms with van der Waals surface area (Å²) in [6.07, 6.45) is 9.23. The molecule has 2 unspecified atom stereocenters. The maximum atomic E-state index is 14.5. The number of aryl methyl sites for hydroxylation is 1. The van der Waals surface area contributed by atoms with E-state index in [0.29, 0.717) is 18.1 Å². The number of carbonyl (C=O) groups excluding carboxylic acids is 1. The number of carbonyl (C=O) groups is 1. The van der Waals surface area contributed by atoms with Crippen LogP contribution in [0.5, 0.6) is 0 Å². The lowest BCUT2D eigenvalue weighted by molar-refractivity contribution is -0.133. The molecule has 0 aromatic carbocycles. The van der Waals surface area contributed by atoms with Crippen LogP contribution in [0.3, 0.4) is 0 Å². The number of amides is 1. The molecule has 0 spiro atoms. The van der Waals surface area contributed by atoms with E-state index in [1.165, 1.54) is 0 Å². The van der Waals surface area contributed by atoms with Gasteiger partial charge < -0.3 is 10.2 Å². The first-order valence-electron chi connectivity index (χ1n) is 9.22. The molecule has 1 N–H and O–H groups in total. The maximum absolute atomic E-state index is 14.5. The zero-order valence-corrected chi connectivity index (χ0v) is 15.5. The minimum atomic E-state index is -0.480. The second kappa shape index (κ2) is 7.38. The number of rotatable bonds is 5. The second-order valence-corrected chi connectivity index (χ2v) is 7.07. The van der Waals surface area contributed by atoms with Gasteiger partial charge in [0.2, 0.25) is 11.9 Å². The van der Waals surface area contributed by atoms with Crippen molar-refractivity contribution in [2.75, 3.05) is 5.32 Å². The zero-order valence-electron chi connectivity index (χ0n) is 15.5. The van der Waals surface area contributed by atoms with Gasteiger partial charge in [-0.15, -0.1) is 0 Å². The van der Waals surface area contributed by atoms with E-state index in [1.807, 2.05) is 17.0 Å². The molecular formula is C19H20FN7O. The lowest BCUT2D eigenvalue weighted by Crippen LogP contribution is -2.42. The minimum absolute atomic E-state index is 0.00792. The van der Waals surface area contributed by atoms with Gasteiger partial charge in [0.25, 0.3) is 0 Å². The summed E-state index contributed by atoms with van der Waals surface area (Å²) >= 11 is 0. The molecule has 9 heteroatoms. The highest BCUT2D eigenvalue weighted by molar-refractivity contribution is 5.80. The second-order valence-electron chi connectivity index (χ2n) is 7.07. The number of nitriles is 1. The zero-order chi connectivity index (χ0) is 19.7. The van der Waals surface area contributed by atoms with Crippen molar-refractivity contribution in [2.45, 2.75) is 44.2 Å². The van der Waals surface area contributed by atoms with Crippen molar-refractivity contribution in [3.05, 3.63) is 36.2 Å². The Bertz CT molecular complexity index is 977. The molecule has 2 atom stereocenters. The van der Waals surface area contributed by atoms with Crippen LogP contribution in [-0.4, -0.2) is 42.6 Å².